The van der Waals surface area contributed by atoms with Crippen molar-refractivity contribution in [2.45, 2.75) is 328 Å². The van der Waals surface area contributed by atoms with Crippen LogP contribution in [0.3, 0.4) is 0 Å². The van der Waals surface area contributed by atoms with Crippen molar-refractivity contribution in [2.75, 3.05) is 6.61 Å². The molecule has 65 heavy (non-hydrogen) atoms. The SMILES string of the molecule is CC/C=C\C/C=C\C/C=C\C/C=C\CCCCCCCCCCCCCCC(=O)NC(CO)C(O)CCCCCCCCCCCCCCCCCCCCCCCCCCCCCC. The van der Waals surface area contributed by atoms with E-state index in [9.17, 15) is 15.0 Å². The number of allylic oxidation sites excluding steroid dienone is 8. The van der Waals surface area contributed by atoms with Crippen LogP contribution in [0.1, 0.15) is 316 Å². The average Bonchev–Trinajstić information content (AvgIpc) is 3.31. The predicted octanol–water partition coefficient (Wildman–Crippen LogP) is 19.4. The quantitative estimate of drug-likeness (QED) is 0.0421. The van der Waals surface area contributed by atoms with Gasteiger partial charge >= 0.3 is 0 Å². The van der Waals surface area contributed by atoms with Gasteiger partial charge in [0.2, 0.25) is 5.91 Å². The van der Waals surface area contributed by atoms with Gasteiger partial charge in [-0.15, -0.1) is 0 Å². The zero-order valence-electron chi connectivity index (χ0n) is 44.0. The number of rotatable bonds is 54. The molecule has 4 nitrogen and oxygen atoms in total. The highest BCUT2D eigenvalue weighted by molar-refractivity contribution is 5.76. The van der Waals surface area contributed by atoms with E-state index in [0.29, 0.717) is 12.8 Å². The van der Waals surface area contributed by atoms with Crippen molar-refractivity contribution in [1.82, 2.24) is 5.32 Å². The van der Waals surface area contributed by atoms with Crippen LogP contribution in [0.4, 0.5) is 0 Å². The molecular formula is C61H115NO3. The van der Waals surface area contributed by atoms with Crippen molar-refractivity contribution in [1.29, 1.82) is 0 Å². The third kappa shape index (κ3) is 53.2. The molecule has 382 valence electrons. The molecule has 0 saturated carbocycles. The summed E-state index contributed by atoms with van der Waals surface area (Å²) in [5.41, 5.74) is 0. The van der Waals surface area contributed by atoms with Gasteiger partial charge in [0.1, 0.15) is 0 Å². The van der Waals surface area contributed by atoms with E-state index in [4.69, 9.17) is 0 Å². The zero-order valence-corrected chi connectivity index (χ0v) is 44.0. The summed E-state index contributed by atoms with van der Waals surface area (Å²) in [5.74, 6) is -0.0306. The van der Waals surface area contributed by atoms with E-state index in [1.165, 1.54) is 238 Å². The summed E-state index contributed by atoms with van der Waals surface area (Å²) in [6, 6.07) is -0.540. The van der Waals surface area contributed by atoms with Gasteiger partial charge in [0.15, 0.2) is 0 Å². The first-order chi connectivity index (χ1) is 32.2. The molecule has 0 aromatic carbocycles. The fourth-order valence-corrected chi connectivity index (χ4v) is 9.18. The first-order valence-corrected chi connectivity index (χ1v) is 29.3. The van der Waals surface area contributed by atoms with E-state index in [1.54, 1.807) is 0 Å². The minimum absolute atomic E-state index is 0.0306. The summed E-state index contributed by atoms with van der Waals surface area (Å²) >= 11 is 0. The van der Waals surface area contributed by atoms with Gasteiger partial charge in [-0.05, 0) is 51.4 Å². The van der Waals surface area contributed by atoms with E-state index in [0.717, 1.165) is 51.4 Å². The highest BCUT2D eigenvalue weighted by Gasteiger charge is 2.20. The monoisotopic (exact) mass is 910 g/mol. The molecule has 0 fully saturated rings. The minimum atomic E-state index is -0.663. The predicted molar refractivity (Wildman–Crippen MR) is 290 cm³/mol. The lowest BCUT2D eigenvalue weighted by molar-refractivity contribution is -0.123. The van der Waals surface area contributed by atoms with Crippen molar-refractivity contribution >= 4 is 5.91 Å². The van der Waals surface area contributed by atoms with E-state index in [1.807, 2.05) is 0 Å². The van der Waals surface area contributed by atoms with Crippen LogP contribution >= 0.6 is 0 Å². The number of nitrogens with one attached hydrogen (secondary N) is 1. The maximum Gasteiger partial charge on any atom is 0.220 e. The molecule has 2 atom stereocenters. The van der Waals surface area contributed by atoms with E-state index in [2.05, 4.69) is 67.8 Å². The van der Waals surface area contributed by atoms with E-state index < -0.39 is 12.1 Å². The third-order valence-electron chi connectivity index (χ3n) is 13.6. The van der Waals surface area contributed by atoms with Crippen LogP contribution in [0.2, 0.25) is 0 Å². The maximum absolute atomic E-state index is 12.5. The fraction of sp³-hybridized carbons (Fsp3) is 0.852. The van der Waals surface area contributed by atoms with Gasteiger partial charge in [-0.2, -0.15) is 0 Å². The summed E-state index contributed by atoms with van der Waals surface area (Å²) in [4.78, 5) is 12.5. The van der Waals surface area contributed by atoms with Crippen LogP contribution in [0.5, 0.6) is 0 Å². The molecule has 3 N–H and O–H groups in total. The molecule has 2 unspecified atom stereocenters. The van der Waals surface area contributed by atoms with Crippen LogP contribution in [0, 0.1) is 0 Å². The summed E-state index contributed by atoms with van der Waals surface area (Å²) < 4.78 is 0. The molecule has 0 aliphatic heterocycles. The average molecular weight is 911 g/mol. The Morgan fingerprint density at radius 1 is 0.385 bits per heavy atom. The second-order valence-electron chi connectivity index (χ2n) is 20.0. The Kier molecular flexibility index (Phi) is 55.2. The molecule has 0 rings (SSSR count). The normalized spacial score (nSPS) is 13.1. The summed E-state index contributed by atoms with van der Waals surface area (Å²) in [7, 11) is 0. The number of carbonyl (C=O) groups excluding carboxylic acids is 1. The molecule has 0 aromatic rings. The first-order valence-electron chi connectivity index (χ1n) is 29.3. The van der Waals surface area contributed by atoms with E-state index in [-0.39, 0.29) is 12.5 Å². The third-order valence-corrected chi connectivity index (χ3v) is 13.6. The smallest absolute Gasteiger partial charge is 0.220 e. The molecule has 4 heteroatoms. The topological polar surface area (TPSA) is 69.6 Å². The van der Waals surface area contributed by atoms with Crippen molar-refractivity contribution < 1.29 is 15.0 Å². The van der Waals surface area contributed by atoms with Crippen LogP contribution in [0.15, 0.2) is 48.6 Å². The van der Waals surface area contributed by atoms with Gasteiger partial charge in [0.25, 0.3) is 0 Å². The standard InChI is InChI=1S/C61H115NO3/c1-3-5-7-9-11-13-15-17-19-21-23-25-27-29-30-31-33-34-36-38-40-42-44-46-48-50-52-54-56-60(64)59(58-63)62-61(65)57-55-53-51-49-47-45-43-41-39-37-35-32-28-26-24-22-20-18-16-14-12-10-8-6-4-2/h6,8,12,14,18,20,24,26,59-60,63-64H,3-5,7,9-11,13,15-17,19,21-23,25,27-58H2,1-2H3,(H,62,65)/b8-6-,14-12-,20-18-,26-24-. The molecule has 1 amide bonds. The molecule has 0 bridgehead atoms. The lowest BCUT2D eigenvalue weighted by Crippen LogP contribution is -2.45. The van der Waals surface area contributed by atoms with Crippen molar-refractivity contribution in [3.05, 3.63) is 48.6 Å². The maximum atomic E-state index is 12.5. The fourth-order valence-electron chi connectivity index (χ4n) is 9.18. The highest BCUT2D eigenvalue weighted by atomic mass is 16.3. The number of amides is 1. The largest absolute Gasteiger partial charge is 0.394 e. The van der Waals surface area contributed by atoms with Gasteiger partial charge in [0, 0.05) is 6.42 Å². The molecule has 0 spiro atoms. The zero-order chi connectivity index (χ0) is 47.0. The Balaban J connectivity index is 3.44. The Morgan fingerprint density at radius 2 is 0.677 bits per heavy atom. The van der Waals surface area contributed by atoms with E-state index >= 15 is 0 Å². The minimum Gasteiger partial charge on any atom is -0.394 e. The van der Waals surface area contributed by atoms with Crippen LogP contribution in [0.25, 0.3) is 0 Å². The van der Waals surface area contributed by atoms with Gasteiger partial charge in [-0.1, -0.05) is 306 Å². The summed E-state index contributed by atoms with van der Waals surface area (Å²) in [6.45, 7) is 4.28. The molecule has 0 aliphatic rings. The van der Waals surface area contributed by atoms with Gasteiger partial charge < -0.3 is 15.5 Å². The number of carbonyl (C=O) groups is 1. The van der Waals surface area contributed by atoms with Gasteiger partial charge in [0.05, 0.1) is 18.8 Å². The number of hydrogen-bond donors (Lipinski definition) is 3. The number of unbranched alkanes of at least 4 members (excludes halogenated alkanes) is 39. The Bertz CT molecular complexity index is 1030. The lowest BCUT2D eigenvalue weighted by Gasteiger charge is -2.22. The molecular weight excluding hydrogens is 795 g/mol. The summed E-state index contributed by atoms with van der Waals surface area (Å²) in [6.07, 6.45) is 78.2. The molecule has 0 radical (unpaired) electrons. The molecule has 0 aromatic heterocycles. The first kappa shape index (κ1) is 63.4. The van der Waals surface area contributed by atoms with Crippen molar-refractivity contribution in [3.8, 4) is 0 Å². The van der Waals surface area contributed by atoms with Crippen molar-refractivity contribution in [3.63, 3.8) is 0 Å². The van der Waals surface area contributed by atoms with Gasteiger partial charge in [-0.25, -0.2) is 0 Å². The Morgan fingerprint density at radius 3 is 1.02 bits per heavy atom. The molecule has 0 aliphatic carbocycles. The van der Waals surface area contributed by atoms with Crippen LogP contribution in [-0.4, -0.2) is 34.9 Å². The number of hydrogen-bond acceptors (Lipinski definition) is 3. The second kappa shape index (κ2) is 56.7. The number of aliphatic hydroxyl groups is 2. The summed E-state index contributed by atoms with van der Waals surface area (Å²) in [5, 5.41) is 23.4. The Labute approximate surface area is 407 Å². The lowest BCUT2D eigenvalue weighted by atomic mass is 10.0. The number of aliphatic hydroxyl groups excluding tert-OH is 2. The van der Waals surface area contributed by atoms with Crippen LogP contribution in [-0.2, 0) is 4.79 Å². The molecule has 0 heterocycles. The molecule has 0 saturated heterocycles. The van der Waals surface area contributed by atoms with Crippen molar-refractivity contribution in [2.24, 2.45) is 0 Å². The van der Waals surface area contributed by atoms with Gasteiger partial charge in [-0.3, -0.25) is 4.79 Å². The van der Waals surface area contributed by atoms with Crippen LogP contribution < -0.4 is 5.32 Å². The Hall–Kier alpha value is -1.65. The highest BCUT2D eigenvalue weighted by Crippen LogP contribution is 2.18. The second-order valence-corrected chi connectivity index (χ2v) is 20.0.